The van der Waals surface area contributed by atoms with Crippen molar-refractivity contribution in [1.82, 2.24) is 10.7 Å². The van der Waals surface area contributed by atoms with Gasteiger partial charge in [0.25, 0.3) is 11.8 Å². The largest absolute Gasteiger partial charge is 0.493 e. The summed E-state index contributed by atoms with van der Waals surface area (Å²) in [6.45, 7) is 6.44. The van der Waals surface area contributed by atoms with Gasteiger partial charge in [0.2, 0.25) is 0 Å². The lowest BCUT2D eigenvalue weighted by Crippen LogP contribution is -2.48. The first-order valence-corrected chi connectivity index (χ1v) is 11.0. The van der Waals surface area contributed by atoms with Crippen LogP contribution in [-0.4, -0.2) is 37.8 Å². The number of para-hydroxylation sites is 1. The van der Waals surface area contributed by atoms with Crippen molar-refractivity contribution in [3.8, 4) is 11.5 Å². The fraction of sp³-hybridized carbons (Fsp3) is 0.400. The van der Waals surface area contributed by atoms with Gasteiger partial charge in [0, 0.05) is 11.1 Å². The minimum atomic E-state index is -0.727. The number of hydrogen-bond donors (Lipinski definition) is 2. The second-order valence-electron chi connectivity index (χ2n) is 7.73. The maximum atomic E-state index is 12.7. The molecule has 7 nitrogen and oxygen atoms in total. The van der Waals surface area contributed by atoms with Crippen LogP contribution >= 0.6 is 0 Å². The van der Waals surface area contributed by atoms with Crippen LogP contribution < -0.4 is 20.2 Å². The standard InChI is InChI=1S/C25H33N3O4/c1-5-6-10-16-32-23-20(14-11-15-21(23)31-4)17-26-28-25(30)22(18(2)3)27-24(29)19-12-8-7-9-13-19/h7-9,11-15,17-18,22H,5-6,10,16H2,1-4H3,(H,27,29)(H,28,30)/b26-17+. The van der Waals surface area contributed by atoms with Crippen molar-refractivity contribution in [2.45, 2.75) is 46.1 Å². The van der Waals surface area contributed by atoms with E-state index in [0.29, 0.717) is 29.2 Å². The second-order valence-corrected chi connectivity index (χ2v) is 7.73. The molecule has 0 spiro atoms. The number of rotatable bonds is 12. The topological polar surface area (TPSA) is 89.0 Å². The summed E-state index contributed by atoms with van der Waals surface area (Å²) in [5.41, 5.74) is 3.72. The van der Waals surface area contributed by atoms with Crippen LogP contribution in [0.25, 0.3) is 0 Å². The number of hydrogen-bond acceptors (Lipinski definition) is 5. The Bertz CT molecular complexity index is 897. The average Bonchev–Trinajstić information content (AvgIpc) is 2.80. The Morgan fingerprint density at radius 3 is 2.47 bits per heavy atom. The third-order valence-electron chi connectivity index (χ3n) is 4.87. The Kier molecular flexibility index (Phi) is 10.2. The van der Waals surface area contributed by atoms with Crippen LogP contribution in [0.4, 0.5) is 0 Å². The molecule has 0 bridgehead atoms. The van der Waals surface area contributed by atoms with Gasteiger partial charge in [-0.3, -0.25) is 9.59 Å². The van der Waals surface area contributed by atoms with Gasteiger partial charge in [0.05, 0.1) is 19.9 Å². The summed E-state index contributed by atoms with van der Waals surface area (Å²) < 4.78 is 11.3. The smallest absolute Gasteiger partial charge is 0.262 e. The Hall–Kier alpha value is -3.35. The maximum absolute atomic E-state index is 12.7. The molecular formula is C25H33N3O4. The molecule has 0 saturated carbocycles. The summed E-state index contributed by atoms with van der Waals surface area (Å²) in [5, 5.41) is 6.88. The first kappa shape index (κ1) is 24.9. The molecule has 2 aromatic rings. The molecule has 1 atom stereocenters. The molecule has 2 aromatic carbocycles. The van der Waals surface area contributed by atoms with E-state index in [1.807, 2.05) is 38.1 Å². The summed E-state index contributed by atoms with van der Waals surface area (Å²) in [4.78, 5) is 25.2. The molecule has 2 N–H and O–H groups in total. The molecule has 0 aliphatic rings. The summed E-state index contributed by atoms with van der Waals surface area (Å²) in [6.07, 6.45) is 4.65. The average molecular weight is 440 g/mol. The summed E-state index contributed by atoms with van der Waals surface area (Å²) >= 11 is 0. The van der Waals surface area contributed by atoms with E-state index in [-0.39, 0.29) is 11.8 Å². The third-order valence-corrected chi connectivity index (χ3v) is 4.87. The molecule has 1 unspecified atom stereocenters. The minimum Gasteiger partial charge on any atom is -0.493 e. The van der Waals surface area contributed by atoms with Crippen molar-refractivity contribution in [3.63, 3.8) is 0 Å². The molecule has 0 aromatic heterocycles. The number of carbonyl (C=O) groups is 2. The predicted octanol–water partition coefficient (Wildman–Crippen LogP) is 4.17. The number of carbonyl (C=O) groups excluding carboxylic acids is 2. The Morgan fingerprint density at radius 2 is 1.81 bits per heavy atom. The molecule has 172 valence electrons. The number of benzene rings is 2. The van der Waals surface area contributed by atoms with E-state index in [9.17, 15) is 9.59 Å². The quantitative estimate of drug-likeness (QED) is 0.295. The first-order valence-electron chi connectivity index (χ1n) is 11.0. The zero-order chi connectivity index (χ0) is 23.3. The number of amides is 2. The second kappa shape index (κ2) is 13.1. The van der Waals surface area contributed by atoms with E-state index in [4.69, 9.17) is 9.47 Å². The van der Waals surface area contributed by atoms with Crippen LogP contribution in [0.15, 0.2) is 53.6 Å². The molecule has 0 aliphatic heterocycles. The number of hydrazone groups is 1. The predicted molar refractivity (Wildman–Crippen MR) is 126 cm³/mol. The zero-order valence-corrected chi connectivity index (χ0v) is 19.3. The van der Waals surface area contributed by atoms with E-state index in [1.54, 1.807) is 31.4 Å². The lowest BCUT2D eigenvalue weighted by Gasteiger charge is -2.20. The SMILES string of the molecule is CCCCCOc1c(/C=N/NC(=O)C(NC(=O)c2ccccc2)C(C)C)cccc1OC. The summed E-state index contributed by atoms with van der Waals surface area (Å²) in [5.74, 6) is 0.369. The van der Waals surface area contributed by atoms with Gasteiger partial charge in [-0.05, 0) is 36.6 Å². The minimum absolute atomic E-state index is 0.118. The highest BCUT2D eigenvalue weighted by Gasteiger charge is 2.24. The van der Waals surface area contributed by atoms with E-state index in [1.165, 1.54) is 6.21 Å². The van der Waals surface area contributed by atoms with Crippen molar-refractivity contribution in [2.75, 3.05) is 13.7 Å². The first-order chi connectivity index (χ1) is 15.5. The Morgan fingerprint density at radius 1 is 1.06 bits per heavy atom. The normalized spacial score (nSPS) is 11.9. The van der Waals surface area contributed by atoms with Crippen molar-refractivity contribution < 1.29 is 19.1 Å². The van der Waals surface area contributed by atoms with Crippen molar-refractivity contribution in [2.24, 2.45) is 11.0 Å². The van der Waals surface area contributed by atoms with Crippen molar-refractivity contribution in [1.29, 1.82) is 0 Å². The number of ether oxygens (including phenoxy) is 2. The summed E-state index contributed by atoms with van der Waals surface area (Å²) in [6, 6.07) is 13.6. The number of nitrogens with one attached hydrogen (secondary N) is 2. The third kappa shape index (κ3) is 7.41. The monoisotopic (exact) mass is 439 g/mol. The molecule has 0 saturated heterocycles. The molecule has 2 rings (SSSR count). The van der Waals surface area contributed by atoms with Gasteiger partial charge in [-0.2, -0.15) is 5.10 Å². The van der Waals surface area contributed by atoms with E-state index >= 15 is 0 Å². The van der Waals surface area contributed by atoms with E-state index in [2.05, 4.69) is 22.8 Å². The maximum Gasteiger partial charge on any atom is 0.262 e. The van der Waals surface area contributed by atoms with E-state index in [0.717, 1.165) is 19.3 Å². The molecule has 0 heterocycles. The molecular weight excluding hydrogens is 406 g/mol. The molecule has 7 heteroatoms. The summed E-state index contributed by atoms with van der Waals surface area (Å²) in [7, 11) is 1.58. The number of methoxy groups -OCH3 is 1. The van der Waals surface area contributed by atoms with Crippen molar-refractivity contribution in [3.05, 3.63) is 59.7 Å². The van der Waals surface area contributed by atoms with Crippen LogP contribution in [-0.2, 0) is 4.79 Å². The highest BCUT2D eigenvalue weighted by atomic mass is 16.5. The Balaban J connectivity index is 2.06. The molecule has 32 heavy (non-hydrogen) atoms. The molecule has 0 aliphatic carbocycles. The van der Waals surface area contributed by atoms with Gasteiger partial charge in [0.15, 0.2) is 11.5 Å². The van der Waals surface area contributed by atoms with Gasteiger partial charge in [-0.25, -0.2) is 5.43 Å². The van der Waals surface area contributed by atoms with Crippen LogP contribution in [0, 0.1) is 5.92 Å². The lowest BCUT2D eigenvalue weighted by molar-refractivity contribution is -0.123. The van der Waals surface area contributed by atoms with Crippen LogP contribution in [0.3, 0.4) is 0 Å². The zero-order valence-electron chi connectivity index (χ0n) is 19.3. The highest BCUT2D eigenvalue weighted by molar-refractivity contribution is 5.97. The number of nitrogens with zero attached hydrogens (tertiary/aromatic N) is 1. The molecule has 0 radical (unpaired) electrons. The van der Waals surface area contributed by atoms with E-state index < -0.39 is 11.9 Å². The highest BCUT2D eigenvalue weighted by Crippen LogP contribution is 2.30. The van der Waals surface area contributed by atoms with Crippen LogP contribution in [0.5, 0.6) is 11.5 Å². The fourth-order valence-corrected chi connectivity index (χ4v) is 3.06. The van der Waals surface area contributed by atoms with Gasteiger partial charge >= 0.3 is 0 Å². The van der Waals surface area contributed by atoms with Gasteiger partial charge in [-0.15, -0.1) is 0 Å². The van der Waals surface area contributed by atoms with Gasteiger partial charge in [0.1, 0.15) is 6.04 Å². The Labute approximate surface area is 190 Å². The van der Waals surface area contributed by atoms with Crippen molar-refractivity contribution >= 4 is 18.0 Å². The number of unbranched alkanes of at least 4 members (excludes halogenated alkanes) is 2. The van der Waals surface area contributed by atoms with Gasteiger partial charge < -0.3 is 14.8 Å². The molecule has 2 amide bonds. The van der Waals surface area contributed by atoms with Crippen LogP contribution in [0.1, 0.15) is 56.0 Å². The fourth-order valence-electron chi connectivity index (χ4n) is 3.06. The lowest BCUT2D eigenvalue weighted by atomic mass is 10.0. The molecule has 0 fully saturated rings. The van der Waals surface area contributed by atoms with Crippen LogP contribution in [0.2, 0.25) is 0 Å². The van der Waals surface area contributed by atoms with Gasteiger partial charge in [-0.1, -0.05) is 57.9 Å².